The van der Waals surface area contributed by atoms with Gasteiger partial charge in [0.2, 0.25) is 0 Å². The molecular weight excluding hydrogens is 420 g/mol. The molecule has 0 spiro atoms. The van der Waals surface area contributed by atoms with Crippen molar-refractivity contribution in [3.05, 3.63) is 57.0 Å². The van der Waals surface area contributed by atoms with Gasteiger partial charge in [-0.25, -0.2) is 8.42 Å². The first-order valence-corrected chi connectivity index (χ1v) is 8.93. The van der Waals surface area contributed by atoms with Gasteiger partial charge in [0.05, 0.1) is 12.5 Å². The lowest BCUT2D eigenvalue weighted by molar-refractivity contribution is 0.600. The summed E-state index contributed by atoms with van der Waals surface area (Å²) >= 11 is 6.52. The van der Waals surface area contributed by atoms with Gasteiger partial charge >= 0.3 is 0 Å². The molecule has 0 aliphatic heterocycles. The third kappa shape index (κ3) is 4.06. The van der Waals surface area contributed by atoms with Crippen LogP contribution in [0.5, 0.6) is 0 Å². The molecule has 0 fully saturated rings. The summed E-state index contributed by atoms with van der Waals surface area (Å²) in [6.07, 6.45) is 0.297. The lowest BCUT2D eigenvalue weighted by atomic mass is 10.1. The fraction of sp³-hybridized carbons (Fsp3) is 0.0714. The van der Waals surface area contributed by atoms with E-state index in [1.165, 1.54) is 6.07 Å². The third-order valence-electron chi connectivity index (χ3n) is 2.67. The fourth-order valence-corrected chi connectivity index (χ4v) is 4.49. The van der Waals surface area contributed by atoms with Gasteiger partial charge in [-0.05, 0) is 51.8 Å². The molecular formula is C14H10Br2N2O2S. The molecule has 0 bridgehead atoms. The van der Waals surface area contributed by atoms with E-state index in [1.807, 2.05) is 6.07 Å². The summed E-state index contributed by atoms with van der Waals surface area (Å²) in [5.74, 6) is 0. The Kier molecular flexibility index (Phi) is 5.04. The number of halogens is 2. The highest BCUT2D eigenvalue weighted by atomic mass is 79.9. The number of benzene rings is 2. The number of hydrogen-bond acceptors (Lipinski definition) is 3. The summed E-state index contributed by atoms with van der Waals surface area (Å²) in [6, 6.07) is 13.6. The smallest absolute Gasteiger partial charge is 0.263 e. The Morgan fingerprint density at radius 2 is 1.76 bits per heavy atom. The predicted octanol–water partition coefficient (Wildman–Crippen LogP) is 4.08. The molecule has 0 aliphatic rings. The van der Waals surface area contributed by atoms with E-state index in [2.05, 4.69) is 36.6 Å². The molecule has 0 amide bonds. The summed E-state index contributed by atoms with van der Waals surface area (Å²) in [5.41, 5.74) is 1.29. The molecule has 7 heteroatoms. The lowest BCUT2D eigenvalue weighted by Crippen LogP contribution is -2.13. The molecule has 1 N–H and O–H groups in total. The molecule has 21 heavy (non-hydrogen) atoms. The van der Waals surface area contributed by atoms with Crippen LogP contribution in [-0.2, 0) is 16.4 Å². The molecule has 0 aliphatic carbocycles. The van der Waals surface area contributed by atoms with Crippen LogP contribution in [0.2, 0.25) is 0 Å². The molecule has 0 aromatic heterocycles. The standard InChI is InChI=1S/C14H10Br2N2O2S/c15-11-3-6-14(13(16)9-11)21(19,20)18-12-4-1-10(2-5-12)7-8-17/h1-6,9,18H,7H2. The van der Waals surface area contributed by atoms with Crippen LogP contribution in [0.4, 0.5) is 5.69 Å². The summed E-state index contributed by atoms with van der Waals surface area (Å²) in [6.45, 7) is 0. The number of nitrogens with zero attached hydrogens (tertiary/aromatic N) is 1. The van der Waals surface area contributed by atoms with Crippen molar-refractivity contribution in [2.75, 3.05) is 4.72 Å². The quantitative estimate of drug-likeness (QED) is 0.795. The molecule has 0 radical (unpaired) electrons. The van der Waals surface area contributed by atoms with Crippen LogP contribution in [0.3, 0.4) is 0 Å². The molecule has 2 aromatic rings. The summed E-state index contributed by atoms with van der Waals surface area (Å²) in [7, 11) is -3.67. The highest BCUT2D eigenvalue weighted by molar-refractivity contribution is 9.11. The first kappa shape index (κ1) is 16.0. The van der Waals surface area contributed by atoms with Gasteiger partial charge in [0.1, 0.15) is 4.90 Å². The van der Waals surface area contributed by atoms with Gasteiger partial charge in [-0.2, -0.15) is 5.26 Å². The fourth-order valence-electron chi connectivity index (χ4n) is 1.69. The Morgan fingerprint density at radius 3 is 2.33 bits per heavy atom. The largest absolute Gasteiger partial charge is 0.280 e. The maximum atomic E-state index is 12.3. The van der Waals surface area contributed by atoms with Gasteiger partial charge in [-0.3, -0.25) is 4.72 Å². The van der Waals surface area contributed by atoms with Crippen LogP contribution in [0.25, 0.3) is 0 Å². The molecule has 0 saturated heterocycles. The number of anilines is 1. The minimum Gasteiger partial charge on any atom is -0.280 e. The first-order valence-electron chi connectivity index (χ1n) is 5.86. The minimum atomic E-state index is -3.67. The van der Waals surface area contributed by atoms with Crippen molar-refractivity contribution < 1.29 is 8.42 Å². The SMILES string of the molecule is N#CCc1ccc(NS(=O)(=O)c2ccc(Br)cc2Br)cc1. The van der Waals surface area contributed by atoms with Crippen LogP contribution in [0, 0.1) is 11.3 Å². The Balaban J connectivity index is 2.27. The van der Waals surface area contributed by atoms with Gasteiger partial charge in [0.15, 0.2) is 0 Å². The molecule has 4 nitrogen and oxygen atoms in total. The zero-order valence-corrected chi connectivity index (χ0v) is 14.7. The third-order valence-corrected chi connectivity index (χ3v) is 5.52. The monoisotopic (exact) mass is 428 g/mol. The van der Waals surface area contributed by atoms with Crippen molar-refractivity contribution in [2.24, 2.45) is 0 Å². The highest BCUT2D eigenvalue weighted by Gasteiger charge is 2.17. The lowest BCUT2D eigenvalue weighted by Gasteiger charge is -2.10. The van der Waals surface area contributed by atoms with Gasteiger partial charge in [-0.1, -0.05) is 28.1 Å². The molecule has 0 heterocycles. The van der Waals surface area contributed by atoms with E-state index in [0.717, 1.165) is 10.0 Å². The second kappa shape index (κ2) is 6.60. The Morgan fingerprint density at radius 1 is 1.10 bits per heavy atom. The van der Waals surface area contributed by atoms with E-state index in [9.17, 15) is 8.42 Å². The van der Waals surface area contributed by atoms with Crippen molar-refractivity contribution in [1.82, 2.24) is 0 Å². The summed E-state index contributed by atoms with van der Waals surface area (Å²) in [5, 5.41) is 8.61. The molecule has 2 aromatic carbocycles. The number of nitriles is 1. The van der Waals surface area contributed by atoms with Gasteiger partial charge in [-0.15, -0.1) is 0 Å². The molecule has 108 valence electrons. The maximum Gasteiger partial charge on any atom is 0.263 e. The van der Waals surface area contributed by atoms with Crippen LogP contribution in [0.1, 0.15) is 5.56 Å². The van der Waals surface area contributed by atoms with E-state index in [4.69, 9.17) is 5.26 Å². The topological polar surface area (TPSA) is 70.0 Å². The Bertz CT molecular complexity index is 797. The number of hydrogen-bond donors (Lipinski definition) is 1. The number of sulfonamides is 1. The highest BCUT2D eigenvalue weighted by Crippen LogP contribution is 2.27. The number of nitrogens with one attached hydrogen (secondary N) is 1. The molecule has 0 unspecified atom stereocenters. The normalized spacial score (nSPS) is 10.9. The van der Waals surface area contributed by atoms with E-state index in [1.54, 1.807) is 36.4 Å². The van der Waals surface area contributed by atoms with Crippen LogP contribution in [0.15, 0.2) is 56.3 Å². The Labute approximate surface area is 140 Å². The average molecular weight is 430 g/mol. The van der Waals surface area contributed by atoms with Crippen LogP contribution >= 0.6 is 31.9 Å². The van der Waals surface area contributed by atoms with E-state index < -0.39 is 10.0 Å². The molecule has 2 rings (SSSR count). The van der Waals surface area contributed by atoms with Crippen LogP contribution < -0.4 is 4.72 Å². The Hall–Kier alpha value is -1.36. The van der Waals surface area contributed by atoms with Crippen molar-refractivity contribution in [1.29, 1.82) is 5.26 Å². The second-order valence-corrected chi connectivity index (χ2v) is 7.63. The number of rotatable bonds is 4. The van der Waals surface area contributed by atoms with Crippen molar-refractivity contribution in [2.45, 2.75) is 11.3 Å². The van der Waals surface area contributed by atoms with Crippen molar-refractivity contribution in [3.8, 4) is 6.07 Å². The summed E-state index contributed by atoms with van der Waals surface area (Å²) < 4.78 is 28.4. The molecule has 0 atom stereocenters. The van der Waals surface area contributed by atoms with E-state index in [0.29, 0.717) is 16.6 Å². The first-order chi connectivity index (χ1) is 9.92. The van der Waals surface area contributed by atoms with E-state index >= 15 is 0 Å². The van der Waals surface area contributed by atoms with Crippen molar-refractivity contribution in [3.63, 3.8) is 0 Å². The average Bonchev–Trinajstić information content (AvgIpc) is 2.40. The predicted molar refractivity (Wildman–Crippen MR) is 88.4 cm³/mol. The minimum absolute atomic E-state index is 0.159. The van der Waals surface area contributed by atoms with Gasteiger partial charge < -0.3 is 0 Å². The van der Waals surface area contributed by atoms with Crippen molar-refractivity contribution >= 4 is 47.6 Å². The maximum absolute atomic E-state index is 12.3. The van der Waals surface area contributed by atoms with Crippen LogP contribution in [-0.4, -0.2) is 8.42 Å². The van der Waals surface area contributed by atoms with Gasteiger partial charge in [0, 0.05) is 14.6 Å². The zero-order chi connectivity index (χ0) is 15.5. The molecule has 0 saturated carbocycles. The zero-order valence-electron chi connectivity index (χ0n) is 10.7. The summed E-state index contributed by atoms with van der Waals surface area (Å²) in [4.78, 5) is 0.159. The van der Waals surface area contributed by atoms with Gasteiger partial charge in [0.25, 0.3) is 10.0 Å². The second-order valence-electron chi connectivity index (χ2n) is 4.21. The van der Waals surface area contributed by atoms with E-state index in [-0.39, 0.29) is 4.90 Å².